The minimum absolute atomic E-state index is 0.00347. The van der Waals surface area contributed by atoms with Crippen molar-refractivity contribution in [2.45, 2.75) is 0 Å². The zero-order valence-corrected chi connectivity index (χ0v) is 34.3. The third kappa shape index (κ3) is 5.60. The topological polar surface area (TPSA) is 43.9 Å². The minimum atomic E-state index is 0.00347. The lowest BCUT2D eigenvalue weighted by Gasteiger charge is -2.23. The molecule has 0 N–H and O–H groups in total. The number of aromatic nitrogens is 3. The van der Waals surface area contributed by atoms with Gasteiger partial charge in [-0.3, -0.25) is 0 Å². The van der Waals surface area contributed by atoms with E-state index >= 15 is 0 Å². The lowest BCUT2D eigenvalue weighted by molar-refractivity contribution is 0.668. The molecule has 30 radical (unpaired) electrons. The van der Waals surface area contributed by atoms with Gasteiger partial charge in [0.2, 0.25) is 0 Å². The van der Waals surface area contributed by atoms with Gasteiger partial charge in [-0.1, -0.05) is 81.3 Å². The van der Waals surface area contributed by atoms with Crippen LogP contribution in [0.1, 0.15) is 0 Å². The quantitative estimate of drug-likeness (QED) is 0.132. The number of nitrogens with zero attached hydrogens (tertiary/aromatic N) is 3. The second-order valence-corrected chi connectivity index (χ2v) is 16.2. The van der Waals surface area contributed by atoms with Gasteiger partial charge < -0.3 is 8.98 Å². The van der Waals surface area contributed by atoms with Crippen LogP contribution in [0, 0.1) is 0 Å². The third-order valence-electron chi connectivity index (χ3n) is 12.8. The number of hydrogen-bond acceptors (Lipinski definition) is 3. The Hall–Kier alpha value is -5.81. The van der Waals surface area contributed by atoms with E-state index in [0.29, 0.717) is 22.2 Å². The Morgan fingerprint density at radius 3 is 1.40 bits per heavy atom. The van der Waals surface area contributed by atoms with Crippen LogP contribution in [-0.2, 0) is 0 Å². The first kappa shape index (κ1) is 41.9. The Bertz CT molecular complexity index is 3890. The molecule has 11 aromatic rings. The highest BCUT2D eigenvalue weighted by Gasteiger charge is 2.27. The van der Waals surface area contributed by atoms with E-state index in [1.165, 1.54) is 0 Å². The molecule has 4 nitrogen and oxygen atoms in total. The van der Waals surface area contributed by atoms with Gasteiger partial charge in [0, 0.05) is 33.0 Å². The number of fused-ring (bicyclic) bond motifs is 6. The van der Waals surface area contributed by atoms with E-state index in [-0.39, 0.29) is 110 Å². The molecule has 262 valence electrons. The molecule has 0 saturated carbocycles. The van der Waals surface area contributed by atoms with Gasteiger partial charge in [-0.25, -0.2) is 9.97 Å². The molecule has 0 amide bonds. The van der Waals surface area contributed by atoms with Crippen LogP contribution >= 0.6 is 0 Å². The highest BCUT2D eigenvalue weighted by molar-refractivity contribution is 6.71. The molecular weight excluding hydrogens is 773 g/mol. The summed E-state index contributed by atoms with van der Waals surface area (Å²) in [4.78, 5) is 9.89. The second-order valence-electron chi connectivity index (χ2n) is 16.2. The maximum Gasteiger partial charge on any atom is 0.180 e. The van der Waals surface area contributed by atoms with Crippen molar-refractivity contribution in [2.24, 2.45) is 0 Å². The summed E-state index contributed by atoms with van der Waals surface area (Å²) in [5.74, 6) is 0.0217. The van der Waals surface area contributed by atoms with Crippen LogP contribution in [0.5, 0.6) is 0 Å². The Balaban J connectivity index is 1.21. The van der Waals surface area contributed by atoms with Crippen LogP contribution in [0.4, 0.5) is 0 Å². The zero-order valence-electron chi connectivity index (χ0n) is 34.3. The van der Waals surface area contributed by atoms with Crippen molar-refractivity contribution in [3.63, 3.8) is 0 Å². The molecule has 0 unspecified atom stereocenters. The van der Waals surface area contributed by atoms with Gasteiger partial charge in [0.1, 0.15) is 134 Å². The monoisotopic (exact) mass is 787 g/mol. The fourth-order valence-electron chi connectivity index (χ4n) is 9.41. The predicted molar refractivity (Wildman–Crippen MR) is 287 cm³/mol. The van der Waals surface area contributed by atoms with E-state index in [0.717, 1.165) is 54.5 Å². The van der Waals surface area contributed by atoms with Crippen molar-refractivity contribution in [1.82, 2.24) is 14.5 Å². The fraction of sp³-hybridized carbons (Fsp3) is 0. The lowest BCUT2D eigenvalue weighted by Crippen LogP contribution is -2.56. The minimum Gasteiger partial charge on any atom is -0.451 e. The van der Waals surface area contributed by atoms with Crippen LogP contribution in [0.25, 0.3) is 105 Å². The van der Waals surface area contributed by atoms with E-state index < -0.39 is 0 Å². The molecule has 0 aliphatic rings. The number of rotatable bonds is 4. The molecule has 3 aromatic heterocycles. The van der Waals surface area contributed by atoms with Crippen molar-refractivity contribution in [3.05, 3.63) is 72.8 Å². The van der Waals surface area contributed by atoms with Gasteiger partial charge >= 0.3 is 0 Å². The molecule has 0 fully saturated rings. The van der Waals surface area contributed by atoms with Crippen molar-refractivity contribution in [1.29, 1.82) is 0 Å². The molecular formula is C46H12B15N3O. The highest BCUT2D eigenvalue weighted by Crippen LogP contribution is 2.45. The molecule has 0 aliphatic carbocycles. The smallest absolute Gasteiger partial charge is 0.180 e. The molecule has 0 spiro atoms. The van der Waals surface area contributed by atoms with Crippen molar-refractivity contribution >= 4 is 265 Å². The van der Waals surface area contributed by atoms with Crippen molar-refractivity contribution in [2.75, 3.05) is 0 Å². The molecule has 0 bridgehead atoms. The summed E-state index contributed by atoms with van der Waals surface area (Å²) in [6, 6.07) is 24.2. The normalized spacial score (nSPS) is 12.0. The van der Waals surface area contributed by atoms with Crippen molar-refractivity contribution in [3.8, 4) is 39.5 Å². The summed E-state index contributed by atoms with van der Waals surface area (Å²) in [5.41, 5.74) is 6.19. The first-order valence-electron chi connectivity index (χ1n) is 20.0. The standard InChI is InChI=1S/C46H12B15N3O/c47-26-24(27(48)31(52)34(55)30(26)51)42-45-41(62-46(63-42)25-28(49)32(53)35(56)33(54)29(25)50)18-7-1-4-14(44(18)65-45)13-10-11-15-16-5-2-8-20-22(16)23-17(19(15)12-13)6-3-9-21(23)64(20)43-39(60)37(58)36(57)38(59)40(43)61/h1-12H. The fourth-order valence-corrected chi connectivity index (χ4v) is 9.41. The molecule has 65 heavy (non-hydrogen) atoms. The Morgan fingerprint density at radius 2 is 0.846 bits per heavy atom. The molecule has 8 aromatic carbocycles. The molecule has 0 aliphatic heterocycles. The van der Waals surface area contributed by atoms with E-state index in [4.69, 9.17) is 132 Å². The molecule has 3 heterocycles. The van der Waals surface area contributed by atoms with Crippen LogP contribution in [0.15, 0.2) is 77.2 Å². The first-order chi connectivity index (χ1) is 31.0. The average molecular weight is 785 g/mol. The van der Waals surface area contributed by atoms with E-state index in [1.807, 2.05) is 53.1 Å². The molecule has 0 saturated heterocycles. The summed E-state index contributed by atoms with van der Waals surface area (Å²) >= 11 is 0. The van der Waals surface area contributed by atoms with E-state index in [2.05, 4.69) is 24.3 Å². The van der Waals surface area contributed by atoms with Crippen LogP contribution < -0.4 is 81.9 Å². The van der Waals surface area contributed by atoms with Crippen LogP contribution in [-0.4, -0.2) is 132 Å². The van der Waals surface area contributed by atoms with E-state index in [9.17, 15) is 0 Å². The van der Waals surface area contributed by atoms with Gasteiger partial charge in [-0.15, -0.1) is 49.2 Å². The maximum atomic E-state index is 6.83. The summed E-state index contributed by atoms with van der Waals surface area (Å²) in [7, 11) is 96.5. The maximum absolute atomic E-state index is 6.83. The van der Waals surface area contributed by atoms with Gasteiger partial charge in [-0.2, -0.15) is 0 Å². The molecule has 0 atom stereocenters. The third-order valence-corrected chi connectivity index (χ3v) is 12.8. The number of furan rings is 1. The van der Waals surface area contributed by atoms with Crippen molar-refractivity contribution < 1.29 is 4.42 Å². The van der Waals surface area contributed by atoms with Crippen LogP contribution in [0.3, 0.4) is 0 Å². The van der Waals surface area contributed by atoms with Gasteiger partial charge in [0.25, 0.3) is 0 Å². The Labute approximate surface area is 394 Å². The number of benzene rings is 8. The van der Waals surface area contributed by atoms with E-state index in [1.54, 1.807) is 0 Å². The number of hydrogen-bond donors (Lipinski definition) is 0. The zero-order chi connectivity index (χ0) is 45.8. The molecule has 11 rings (SSSR count). The van der Waals surface area contributed by atoms with Crippen LogP contribution in [0.2, 0.25) is 0 Å². The summed E-state index contributed by atoms with van der Waals surface area (Å²) < 4.78 is 8.83. The summed E-state index contributed by atoms with van der Waals surface area (Å²) in [6.07, 6.45) is 0. The largest absolute Gasteiger partial charge is 0.451 e. The Morgan fingerprint density at radius 1 is 0.385 bits per heavy atom. The number of para-hydroxylation sites is 1. The summed E-state index contributed by atoms with van der Waals surface area (Å²) in [6.45, 7) is 0. The first-order valence-corrected chi connectivity index (χ1v) is 20.0. The Kier molecular flexibility index (Phi) is 9.40. The lowest BCUT2D eigenvalue weighted by atomic mass is 9.60. The van der Waals surface area contributed by atoms with Gasteiger partial charge in [-0.05, 0) is 56.9 Å². The highest BCUT2D eigenvalue weighted by atomic mass is 16.3. The average Bonchev–Trinajstić information content (AvgIpc) is 3.86. The predicted octanol–water partition coefficient (Wildman–Crippen LogP) is -5.87. The summed E-state index contributed by atoms with van der Waals surface area (Å²) in [5, 5.41) is 6.57. The second kappa shape index (κ2) is 14.6. The SMILES string of the molecule is [B]c1c([B])c([B])c(-c2nc(-c3c([B])c([B])c([B])c([B])c3[B])c3oc4c(-c5ccc6c(c5)c5cccc7c5c5c6cccc5n7-c5c([B])c([B])c([B])c([B])c5[B])cccc4c3n2)c([B])c1[B]. The van der Waals surface area contributed by atoms with Gasteiger partial charge in [0.05, 0.1) is 11.0 Å². The van der Waals surface area contributed by atoms with Gasteiger partial charge in [0.15, 0.2) is 11.4 Å². The molecule has 19 heteroatoms.